The maximum Gasteiger partial charge on any atom is 0.328 e. The molecule has 1 atom stereocenters. The van der Waals surface area contributed by atoms with E-state index in [0.29, 0.717) is 0 Å². The van der Waals surface area contributed by atoms with Crippen LogP contribution >= 0.6 is 0 Å². The van der Waals surface area contributed by atoms with Crippen molar-refractivity contribution in [1.29, 1.82) is 0 Å². The monoisotopic (exact) mass is 269 g/mol. The quantitative estimate of drug-likeness (QED) is 0.838. The van der Waals surface area contributed by atoms with Gasteiger partial charge in [-0.05, 0) is 23.3 Å². The molecule has 2 aromatic carbocycles. The molecular formula is C16H15NO3. The highest BCUT2D eigenvalue weighted by atomic mass is 16.4. The summed E-state index contributed by atoms with van der Waals surface area (Å²) in [6, 6.07) is 13.6. The van der Waals surface area contributed by atoms with Gasteiger partial charge in [-0.25, -0.2) is 4.79 Å². The van der Waals surface area contributed by atoms with Crippen LogP contribution in [-0.4, -0.2) is 17.0 Å². The topological polar surface area (TPSA) is 66.4 Å². The lowest BCUT2D eigenvalue weighted by Gasteiger charge is -2.15. The van der Waals surface area contributed by atoms with Crippen LogP contribution in [0.2, 0.25) is 0 Å². The molecule has 0 bridgehead atoms. The molecule has 2 aromatic rings. The summed E-state index contributed by atoms with van der Waals surface area (Å²) in [6.07, 6.45) is 1.84. The Kier molecular flexibility index (Phi) is 4.15. The second-order valence-corrected chi connectivity index (χ2v) is 4.47. The normalized spacial score (nSPS) is 12.4. The number of rotatable bonds is 4. The lowest BCUT2D eigenvalue weighted by atomic mass is 10.00. The fourth-order valence-electron chi connectivity index (χ4n) is 2.11. The first-order chi connectivity index (χ1) is 9.58. The van der Waals surface area contributed by atoms with E-state index in [0.717, 1.165) is 28.5 Å². The molecule has 2 N–H and O–H groups in total. The number of carboxylic acid groups (broad SMARTS) is 1. The van der Waals surface area contributed by atoms with Crippen LogP contribution < -0.4 is 5.32 Å². The van der Waals surface area contributed by atoms with Crippen LogP contribution in [0, 0.1) is 0 Å². The minimum Gasteiger partial charge on any atom is -0.478 e. The number of fused-ring (bicyclic) bond motifs is 1. The molecule has 1 amide bonds. The van der Waals surface area contributed by atoms with Gasteiger partial charge in [-0.15, -0.1) is 0 Å². The lowest BCUT2D eigenvalue weighted by molar-refractivity contribution is -0.131. The molecule has 102 valence electrons. The molecule has 4 nitrogen and oxygen atoms in total. The maximum absolute atomic E-state index is 11.6. The Morgan fingerprint density at radius 1 is 1.10 bits per heavy atom. The Labute approximate surface area is 116 Å². The SMILES string of the molecule is C[C@H](NC(=O)/C=C\C(=O)O)c1cccc2ccccc12. The minimum absolute atomic E-state index is 0.202. The van der Waals surface area contributed by atoms with Crippen molar-refractivity contribution in [3.63, 3.8) is 0 Å². The highest BCUT2D eigenvalue weighted by Gasteiger charge is 2.10. The van der Waals surface area contributed by atoms with Crippen LogP contribution in [0.15, 0.2) is 54.6 Å². The summed E-state index contributed by atoms with van der Waals surface area (Å²) in [4.78, 5) is 22.0. The molecule has 0 aliphatic carbocycles. The fraction of sp³-hybridized carbons (Fsp3) is 0.125. The number of hydrogen-bond acceptors (Lipinski definition) is 2. The van der Waals surface area contributed by atoms with E-state index < -0.39 is 11.9 Å². The van der Waals surface area contributed by atoms with Crippen LogP contribution in [0.5, 0.6) is 0 Å². The molecule has 0 radical (unpaired) electrons. The molecule has 4 heteroatoms. The van der Waals surface area contributed by atoms with Gasteiger partial charge in [0.05, 0.1) is 6.04 Å². The first-order valence-electron chi connectivity index (χ1n) is 6.27. The molecule has 0 saturated heterocycles. The number of amides is 1. The molecule has 2 rings (SSSR count). The van der Waals surface area contributed by atoms with Gasteiger partial charge < -0.3 is 10.4 Å². The molecule has 0 aromatic heterocycles. The van der Waals surface area contributed by atoms with Gasteiger partial charge in [-0.1, -0.05) is 42.5 Å². The molecule has 0 aliphatic rings. The van der Waals surface area contributed by atoms with Crippen molar-refractivity contribution < 1.29 is 14.7 Å². The average Bonchev–Trinajstić information content (AvgIpc) is 2.44. The van der Waals surface area contributed by atoms with Crippen molar-refractivity contribution in [2.24, 2.45) is 0 Å². The lowest BCUT2D eigenvalue weighted by Crippen LogP contribution is -2.25. The molecule has 0 fully saturated rings. The van der Waals surface area contributed by atoms with Gasteiger partial charge in [0.2, 0.25) is 5.91 Å². The molecule has 0 spiro atoms. The molecule has 20 heavy (non-hydrogen) atoms. The fourth-order valence-corrected chi connectivity index (χ4v) is 2.11. The van der Waals surface area contributed by atoms with Crippen LogP contribution in [0.25, 0.3) is 10.8 Å². The third kappa shape index (κ3) is 3.23. The van der Waals surface area contributed by atoms with Gasteiger partial charge in [-0.3, -0.25) is 4.79 Å². The zero-order chi connectivity index (χ0) is 14.5. The Morgan fingerprint density at radius 3 is 2.55 bits per heavy atom. The number of benzene rings is 2. The highest BCUT2D eigenvalue weighted by molar-refractivity contribution is 5.94. The number of aliphatic carboxylic acids is 1. The Hall–Kier alpha value is -2.62. The van der Waals surface area contributed by atoms with E-state index in [1.54, 1.807) is 0 Å². The van der Waals surface area contributed by atoms with Crippen LogP contribution in [-0.2, 0) is 9.59 Å². The maximum atomic E-state index is 11.6. The van der Waals surface area contributed by atoms with Gasteiger partial charge >= 0.3 is 5.97 Å². The third-order valence-electron chi connectivity index (χ3n) is 3.03. The van der Waals surface area contributed by atoms with Crippen molar-refractivity contribution in [2.75, 3.05) is 0 Å². The van der Waals surface area contributed by atoms with Crippen LogP contribution in [0.4, 0.5) is 0 Å². The van der Waals surface area contributed by atoms with E-state index in [-0.39, 0.29) is 6.04 Å². The Bertz CT molecular complexity index is 671. The predicted molar refractivity (Wildman–Crippen MR) is 77.3 cm³/mol. The summed E-state index contributed by atoms with van der Waals surface area (Å²) in [5.74, 6) is -1.56. The van der Waals surface area contributed by atoms with E-state index in [1.165, 1.54) is 0 Å². The van der Waals surface area contributed by atoms with Crippen molar-refractivity contribution >= 4 is 22.6 Å². The van der Waals surface area contributed by atoms with Crippen molar-refractivity contribution in [3.05, 3.63) is 60.2 Å². The highest BCUT2D eigenvalue weighted by Crippen LogP contribution is 2.23. The summed E-state index contributed by atoms with van der Waals surface area (Å²) < 4.78 is 0. The van der Waals surface area contributed by atoms with Gasteiger partial charge in [0.25, 0.3) is 0 Å². The standard InChI is InChI=1S/C16H15NO3/c1-11(17-15(18)9-10-16(19)20)13-8-4-6-12-5-2-3-7-14(12)13/h2-11H,1H3,(H,17,18)(H,19,20)/b10-9-/t11-/m0/s1. The minimum atomic E-state index is -1.14. The smallest absolute Gasteiger partial charge is 0.328 e. The van der Waals surface area contributed by atoms with E-state index in [9.17, 15) is 9.59 Å². The number of carbonyl (C=O) groups excluding carboxylic acids is 1. The Morgan fingerprint density at radius 2 is 1.80 bits per heavy atom. The zero-order valence-electron chi connectivity index (χ0n) is 11.0. The third-order valence-corrected chi connectivity index (χ3v) is 3.03. The molecule has 0 aliphatic heterocycles. The van der Waals surface area contributed by atoms with Gasteiger partial charge in [-0.2, -0.15) is 0 Å². The first-order valence-corrected chi connectivity index (χ1v) is 6.27. The van der Waals surface area contributed by atoms with Crippen LogP contribution in [0.3, 0.4) is 0 Å². The van der Waals surface area contributed by atoms with Crippen molar-refractivity contribution in [2.45, 2.75) is 13.0 Å². The number of hydrogen-bond donors (Lipinski definition) is 2. The van der Waals surface area contributed by atoms with Gasteiger partial charge in [0.15, 0.2) is 0 Å². The van der Waals surface area contributed by atoms with Gasteiger partial charge in [0.1, 0.15) is 0 Å². The number of nitrogens with one attached hydrogen (secondary N) is 1. The molecular weight excluding hydrogens is 254 g/mol. The second kappa shape index (κ2) is 6.02. The van der Waals surface area contributed by atoms with E-state index in [4.69, 9.17) is 5.11 Å². The van der Waals surface area contributed by atoms with E-state index in [1.807, 2.05) is 49.4 Å². The van der Waals surface area contributed by atoms with Crippen molar-refractivity contribution in [3.8, 4) is 0 Å². The Balaban J connectivity index is 2.21. The first kappa shape index (κ1) is 13.8. The number of carbonyl (C=O) groups is 2. The van der Waals surface area contributed by atoms with E-state index in [2.05, 4.69) is 5.32 Å². The second-order valence-electron chi connectivity index (χ2n) is 4.47. The summed E-state index contributed by atoms with van der Waals surface area (Å²) in [6.45, 7) is 1.87. The molecule has 0 saturated carbocycles. The van der Waals surface area contributed by atoms with Gasteiger partial charge in [0, 0.05) is 12.2 Å². The summed E-state index contributed by atoms with van der Waals surface area (Å²) in [5.41, 5.74) is 1.00. The number of carboxylic acids is 1. The molecule has 0 unspecified atom stereocenters. The van der Waals surface area contributed by atoms with Crippen LogP contribution in [0.1, 0.15) is 18.5 Å². The van der Waals surface area contributed by atoms with Crippen molar-refractivity contribution in [1.82, 2.24) is 5.32 Å². The summed E-state index contributed by atoms with van der Waals surface area (Å²) in [7, 11) is 0. The zero-order valence-corrected chi connectivity index (χ0v) is 11.0. The molecule has 0 heterocycles. The largest absolute Gasteiger partial charge is 0.478 e. The van der Waals surface area contributed by atoms with E-state index >= 15 is 0 Å². The predicted octanol–water partition coefficient (Wildman–Crippen LogP) is 2.66. The summed E-state index contributed by atoms with van der Waals surface area (Å²) >= 11 is 0. The summed E-state index contributed by atoms with van der Waals surface area (Å²) in [5, 5.41) is 13.4. The average molecular weight is 269 g/mol.